The van der Waals surface area contributed by atoms with E-state index < -0.39 is 10.0 Å². The number of nitrogens with zero attached hydrogens (tertiary/aromatic N) is 5. The third-order valence-electron chi connectivity index (χ3n) is 5.23. The van der Waals surface area contributed by atoms with Crippen LogP contribution in [0.4, 0.5) is 5.69 Å². The number of benzene rings is 1. The number of hydrogen-bond acceptors (Lipinski definition) is 6. The number of sulfonamides is 1. The van der Waals surface area contributed by atoms with Crippen molar-refractivity contribution in [2.45, 2.75) is 25.6 Å². The van der Waals surface area contributed by atoms with E-state index in [0.29, 0.717) is 25.1 Å². The maximum atomic E-state index is 12.7. The fourth-order valence-electron chi connectivity index (χ4n) is 3.87. The summed E-state index contributed by atoms with van der Waals surface area (Å²) in [4.78, 5) is 13.7. The van der Waals surface area contributed by atoms with E-state index in [4.69, 9.17) is 0 Å². The fourth-order valence-corrected chi connectivity index (χ4v) is 4.93. The van der Waals surface area contributed by atoms with Crippen LogP contribution >= 0.6 is 0 Å². The lowest BCUT2D eigenvalue weighted by Crippen LogP contribution is -2.45. The van der Waals surface area contributed by atoms with Gasteiger partial charge >= 0.3 is 0 Å². The normalized spacial score (nSPS) is 17.2. The van der Waals surface area contributed by atoms with Gasteiger partial charge in [0.05, 0.1) is 36.5 Å². The number of anilines is 1. The smallest absolute Gasteiger partial charge is 0.211 e. The van der Waals surface area contributed by atoms with Gasteiger partial charge in [-0.2, -0.15) is 9.57 Å². The molecule has 0 amide bonds. The van der Waals surface area contributed by atoms with Gasteiger partial charge in [-0.25, -0.2) is 13.4 Å². The molecule has 0 spiro atoms. The summed E-state index contributed by atoms with van der Waals surface area (Å²) in [5.41, 5.74) is 3.99. The number of aromatic nitrogens is 3. The van der Waals surface area contributed by atoms with Crippen LogP contribution in [0.3, 0.4) is 0 Å². The Kier molecular flexibility index (Phi) is 5.53. The molecule has 8 nitrogen and oxygen atoms in total. The van der Waals surface area contributed by atoms with E-state index in [0.717, 1.165) is 22.6 Å². The van der Waals surface area contributed by atoms with Gasteiger partial charge < -0.3 is 9.88 Å². The van der Waals surface area contributed by atoms with Crippen LogP contribution in [0.25, 0.3) is 0 Å². The number of rotatable bonds is 5. The van der Waals surface area contributed by atoms with Crippen molar-refractivity contribution < 1.29 is 8.42 Å². The topological polar surface area (TPSA) is 106 Å². The molecule has 0 fully saturated rings. The molecule has 0 aliphatic carbocycles. The van der Waals surface area contributed by atoms with Crippen LogP contribution in [0.15, 0.2) is 55.1 Å². The molecule has 154 valence electrons. The minimum atomic E-state index is -3.49. The van der Waals surface area contributed by atoms with Gasteiger partial charge in [-0.1, -0.05) is 6.07 Å². The minimum absolute atomic E-state index is 0.209. The zero-order valence-electron chi connectivity index (χ0n) is 16.6. The Bertz CT molecular complexity index is 1160. The maximum Gasteiger partial charge on any atom is 0.211 e. The first-order valence-electron chi connectivity index (χ1n) is 9.56. The molecule has 1 aliphatic rings. The van der Waals surface area contributed by atoms with E-state index in [1.54, 1.807) is 30.9 Å². The Morgan fingerprint density at radius 3 is 2.83 bits per heavy atom. The zero-order valence-corrected chi connectivity index (χ0v) is 17.4. The molecule has 4 rings (SSSR count). The lowest BCUT2D eigenvalue weighted by Gasteiger charge is -2.31. The maximum absolute atomic E-state index is 12.7. The van der Waals surface area contributed by atoms with Gasteiger partial charge in [-0.05, 0) is 35.9 Å². The van der Waals surface area contributed by atoms with Crippen molar-refractivity contribution in [3.8, 4) is 6.07 Å². The van der Waals surface area contributed by atoms with Gasteiger partial charge in [-0.3, -0.25) is 4.98 Å². The predicted molar refractivity (Wildman–Crippen MR) is 113 cm³/mol. The average molecular weight is 423 g/mol. The largest absolute Gasteiger partial charge is 0.364 e. The molecular weight excluding hydrogens is 400 g/mol. The van der Waals surface area contributed by atoms with Crippen LogP contribution in [-0.4, -0.2) is 46.5 Å². The van der Waals surface area contributed by atoms with Crippen LogP contribution in [0.5, 0.6) is 0 Å². The van der Waals surface area contributed by atoms with Gasteiger partial charge in [0.15, 0.2) is 0 Å². The van der Waals surface area contributed by atoms with Crippen LogP contribution in [0.1, 0.15) is 22.5 Å². The molecule has 0 radical (unpaired) electrons. The number of nitriles is 1. The van der Waals surface area contributed by atoms with Crippen molar-refractivity contribution in [2.75, 3.05) is 17.7 Å². The highest BCUT2D eigenvalue weighted by atomic mass is 32.2. The SMILES string of the molecule is CS(=O)(=O)N1Cc2cc(C#N)ccc2N(Cc2cnc[nH]2)C[C@H]1Cc1ccccn1. The first-order chi connectivity index (χ1) is 14.4. The molecule has 3 aromatic rings. The molecule has 1 aromatic carbocycles. The third kappa shape index (κ3) is 4.35. The zero-order chi connectivity index (χ0) is 21.1. The quantitative estimate of drug-likeness (QED) is 0.675. The molecule has 9 heteroatoms. The van der Waals surface area contributed by atoms with Gasteiger partial charge in [0, 0.05) is 49.3 Å². The molecule has 0 saturated heterocycles. The number of imidazole rings is 1. The summed E-state index contributed by atoms with van der Waals surface area (Å²) in [5.74, 6) is 0. The number of pyridine rings is 1. The standard InChI is InChI=1S/C21H22N6O2S/c1-30(28,29)27-12-17-8-16(10-22)5-6-21(17)26(13-19-11-23-15-25-19)14-20(27)9-18-4-2-3-7-24-18/h2-8,11,15,20H,9,12-14H2,1H3,(H,23,25)/t20-/m1/s1. The van der Waals surface area contributed by atoms with E-state index in [2.05, 4.69) is 25.9 Å². The monoisotopic (exact) mass is 422 g/mol. The van der Waals surface area contributed by atoms with Crippen LogP contribution in [0, 0.1) is 11.3 Å². The molecular formula is C21H22N6O2S. The van der Waals surface area contributed by atoms with E-state index in [1.165, 1.54) is 10.6 Å². The molecule has 2 aromatic heterocycles. The van der Waals surface area contributed by atoms with Crippen molar-refractivity contribution in [1.29, 1.82) is 5.26 Å². The second kappa shape index (κ2) is 8.26. The van der Waals surface area contributed by atoms with E-state index in [-0.39, 0.29) is 12.6 Å². The Labute approximate surface area is 175 Å². The molecule has 0 bridgehead atoms. The molecule has 1 N–H and O–H groups in total. The van der Waals surface area contributed by atoms with Crippen molar-refractivity contribution >= 4 is 15.7 Å². The minimum Gasteiger partial charge on any atom is -0.364 e. The number of hydrogen-bond donors (Lipinski definition) is 1. The Morgan fingerprint density at radius 1 is 1.30 bits per heavy atom. The average Bonchev–Trinajstić information content (AvgIpc) is 3.18. The summed E-state index contributed by atoms with van der Waals surface area (Å²) in [5, 5.41) is 9.34. The highest BCUT2D eigenvalue weighted by Crippen LogP contribution is 2.31. The molecule has 0 saturated carbocycles. The summed E-state index contributed by atoms with van der Waals surface area (Å²) in [6.07, 6.45) is 6.83. The Morgan fingerprint density at radius 2 is 2.17 bits per heavy atom. The first-order valence-corrected chi connectivity index (χ1v) is 11.4. The van der Waals surface area contributed by atoms with Crippen LogP contribution in [-0.2, 0) is 29.5 Å². The first kappa shape index (κ1) is 20.1. The van der Waals surface area contributed by atoms with Gasteiger partial charge in [0.1, 0.15) is 0 Å². The summed E-state index contributed by atoms with van der Waals surface area (Å²) in [6, 6.07) is 12.9. The van der Waals surface area contributed by atoms with Crippen molar-refractivity contribution in [2.24, 2.45) is 0 Å². The Balaban J connectivity index is 1.77. The van der Waals surface area contributed by atoms with Gasteiger partial charge in [0.25, 0.3) is 0 Å². The second-order valence-corrected chi connectivity index (χ2v) is 9.33. The second-order valence-electron chi connectivity index (χ2n) is 7.40. The third-order valence-corrected chi connectivity index (χ3v) is 6.51. The fraction of sp³-hybridized carbons (Fsp3) is 0.286. The molecule has 1 atom stereocenters. The van der Waals surface area contributed by atoms with Crippen molar-refractivity contribution in [3.05, 3.63) is 77.6 Å². The van der Waals surface area contributed by atoms with Gasteiger partial charge in [-0.15, -0.1) is 0 Å². The molecule has 3 heterocycles. The van der Waals surface area contributed by atoms with Crippen LogP contribution in [0.2, 0.25) is 0 Å². The number of aromatic amines is 1. The number of fused-ring (bicyclic) bond motifs is 1. The number of nitrogens with one attached hydrogen (secondary N) is 1. The van der Waals surface area contributed by atoms with E-state index >= 15 is 0 Å². The summed E-state index contributed by atoms with van der Waals surface area (Å²) >= 11 is 0. The molecule has 30 heavy (non-hydrogen) atoms. The summed E-state index contributed by atoms with van der Waals surface area (Å²) < 4.78 is 27.0. The predicted octanol–water partition coefficient (Wildman–Crippen LogP) is 2.07. The lowest BCUT2D eigenvalue weighted by atomic mass is 10.1. The highest BCUT2D eigenvalue weighted by molar-refractivity contribution is 7.88. The van der Waals surface area contributed by atoms with Crippen LogP contribution < -0.4 is 4.90 Å². The van der Waals surface area contributed by atoms with E-state index in [1.807, 2.05) is 24.3 Å². The number of H-pyrrole nitrogens is 1. The Hall–Kier alpha value is -3.22. The molecule has 1 aliphatic heterocycles. The van der Waals surface area contributed by atoms with Gasteiger partial charge in [0.2, 0.25) is 10.0 Å². The lowest BCUT2D eigenvalue weighted by molar-refractivity contribution is 0.318. The van der Waals surface area contributed by atoms with Crippen molar-refractivity contribution in [1.82, 2.24) is 19.3 Å². The molecule has 0 unspecified atom stereocenters. The van der Waals surface area contributed by atoms with Crippen molar-refractivity contribution in [3.63, 3.8) is 0 Å². The summed E-state index contributed by atoms with van der Waals surface area (Å²) in [7, 11) is -3.49. The van der Waals surface area contributed by atoms with E-state index in [9.17, 15) is 13.7 Å². The summed E-state index contributed by atoms with van der Waals surface area (Å²) in [6.45, 7) is 1.25. The highest BCUT2D eigenvalue weighted by Gasteiger charge is 2.33.